The molecule has 0 aromatic heterocycles. The molecule has 0 aliphatic rings. The van der Waals surface area contributed by atoms with Gasteiger partial charge in [-0.1, -0.05) is 0 Å². The average molecular weight is 153 g/mol. The first-order valence-corrected chi connectivity index (χ1v) is 3.03. The highest BCUT2D eigenvalue weighted by Crippen LogP contribution is 1.99. The zero-order chi connectivity index (χ0) is 7.28. The van der Waals surface area contributed by atoms with Crippen LogP contribution >= 0.6 is 11.6 Å². The van der Waals surface area contributed by atoms with Crippen LogP contribution in [0.15, 0.2) is 0 Å². The number of carbonyl (C=O) groups is 1. The molecule has 0 aliphatic heterocycles. The summed E-state index contributed by atoms with van der Waals surface area (Å²) in [5, 5.41) is 0. The van der Waals surface area contributed by atoms with Crippen molar-refractivity contribution in [3.8, 4) is 0 Å². The first-order chi connectivity index (χ1) is 4.16. The van der Waals surface area contributed by atoms with Crippen LogP contribution < -0.4 is 0 Å². The third-order valence-electron chi connectivity index (χ3n) is 0.556. The van der Waals surface area contributed by atoms with Crippen LogP contribution in [0.1, 0.15) is 13.8 Å². The molecule has 3 nitrogen and oxygen atoms in total. The van der Waals surface area contributed by atoms with E-state index in [1.165, 1.54) is 6.92 Å². The average Bonchev–Trinajstić information content (AvgIpc) is 1.63. The standard InChI is InChI=1S/C5H9ClO3/c1-3-8-5(6)9-4(2)7/h5H,3H2,1-2H3. The molecule has 0 bridgehead atoms. The molecule has 1 unspecified atom stereocenters. The molecule has 9 heavy (non-hydrogen) atoms. The van der Waals surface area contributed by atoms with Gasteiger partial charge in [0.25, 0.3) is 5.75 Å². The van der Waals surface area contributed by atoms with E-state index in [1.54, 1.807) is 6.92 Å². The van der Waals surface area contributed by atoms with Crippen molar-refractivity contribution in [3.63, 3.8) is 0 Å². The summed E-state index contributed by atoms with van der Waals surface area (Å²) in [7, 11) is 0. The van der Waals surface area contributed by atoms with Gasteiger partial charge in [0.1, 0.15) is 0 Å². The molecule has 0 saturated carbocycles. The monoisotopic (exact) mass is 152 g/mol. The van der Waals surface area contributed by atoms with Gasteiger partial charge in [-0.3, -0.25) is 4.79 Å². The van der Waals surface area contributed by atoms with Gasteiger partial charge in [0.05, 0.1) is 0 Å². The van der Waals surface area contributed by atoms with Crippen LogP contribution in [0.4, 0.5) is 0 Å². The third kappa shape index (κ3) is 5.59. The van der Waals surface area contributed by atoms with Crippen LogP contribution in [0.25, 0.3) is 0 Å². The van der Waals surface area contributed by atoms with Gasteiger partial charge in [0.2, 0.25) is 0 Å². The van der Waals surface area contributed by atoms with Crippen LogP contribution in [0.2, 0.25) is 0 Å². The van der Waals surface area contributed by atoms with E-state index in [0.29, 0.717) is 6.61 Å². The maximum absolute atomic E-state index is 10.1. The Hall–Kier alpha value is -0.280. The van der Waals surface area contributed by atoms with Crippen LogP contribution in [0.3, 0.4) is 0 Å². The maximum Gasteiger partial charge on any atom is 0.305 e. The molecule has 0 rings (SSSR count). The normalized spacial score (nSPS) is 12.8. The lowest BCUT2D eigenvalue weighted by atomic mass is 10.8. The second-order valence-electron chi connectivity index (χ2n) is 1.34. The number of hydrogen-bond donors (Lipinski definition) is 0. The number of alkyl halides is 1. The van der Waals surface area contributed by atoms with Gasteiger partial charge in [-0.15, -0.1) is 0 Å². The van der Waals surface area contributed by atoms with Crippen LogP contribution in [-0.4, -0.2) is 18.3 Å². The van der Waals surface area contributed by atoms with Gasteiger partial charge >= 0.3 is 5.97 Å². The van der Waals surface area contributed by atoms with E-state index < -0.39 is 11.7 Å². The second-order valence-corrected chi connectivity index (χ2v) is 1.70. The fourth-order valence-electron chi connectivity index (χ4n) is 0.296. The fourth-order valence-corrected chi connectivity index (χ4v) is 0.547. The highest BCUT2D eigenvalue weighted by molar-refractivity contribution is 6.19. The van der Waals surface area contributed by atoms with Crippen molar-refractivity contribution in [1.29, 1.82) is 0 Å². The van der Waals surface area contributed by atoms with Crippen molar-refractivity contribution in [3.05, 3.63) is 0 Å². The first kappa shape index (κ1) is 8.72. The van der Waals surface area contributed by atoms with E-state index in [9.17, 15) is 4.79 Å². The van der Waals surface area contributed by atoms with Gasteiger partial charge in [-0.05, 0) is 18.5 Å². The Morgan fingerprint density at radius 2 is 2.33 bits per heavy atom. The van der Waals surface area contributed by atoms with Crippen LogP contribution in [0, 0.1) is 0 Å². The molecular formula is C5H9ClO3. The topological polar surface area (TPSA) is 35.5 Å². The quantitative estimate of drug-likeness (QED) is 0.345. The first-order valence-electron chi connectivity index (χ1n) is 2.59. The predicted molar refractivity (Wildman–Crippen MR) is 33.0 cm³/mol. The molecule has 0 N–H and O–H groups in total. The van der Waals surface area contributed by atoms with Crippen molar-refractivity contribution >= 4 is 17.6 Å². The summed E-state index contributed by atoms with van der Waals surface area (Å²) >= 11 is 5.31. The fraction of sp³-hybridized carbons (Fsp3) is 0.800. The zero-order valence-corrected chi connectivity index (χ0v) is 6.14. The van der Waals surface area contributed by atoms with Crippen molar-refractivity contribution in [2.75, 3.05) is 6.61 Å². The molecule has 4 heteroatoms. The van der Waals surface area contributed by atoms with Crippen LogP contribution in [-0.2, 0) is 14.3 Å². The van der Waals surface area contributed by atoms with Gasteiger partial charge < -0.3 is 9.47 Å². The second kappa shape index (κ2) is 4.58. The minimum atomic E-state index is -0.938. The Morgan fingerprint density at radius 3 is 2.67 bits per heavy atom. The summed E-state index contributed by atoms with van der Waals surface area (Å²) in [6.45, 7) is 3.47. The predicted octanol–water partition coefficient (Wildman–Crippen LogP) is 1.11. The molecular weight excluding hydrogens is 144 g/mol. The summed E-state index contributed by atoms with van der Waals surface area (Å²) in [6, 6.07) is 0. The third-order valence-corrected chi connectivity index (χ3v) is 0.771. The summed E-state index contributed by atoms with van der Waals surface area (Å²) in [6.07, 6.45) is 0. The van der Waals surface area contributed by atoms with Crippen molar-refractivity contribution < 1.29 is 14.3 Å². The Balaban J connectivity index is 3.26. The zero-order valence-electron chi connectivity index (χ0n) is 5.39. The Labute approximate surface area is 58.9 Å². The number of ether oxygens (including phenoxy) is 2. The minimum absolute atomic E-state index is 0.432. The maximum atomic E-state index is 10.1. The molecule has 0 saturated heterocycles. The highest BCUT2D eigenvalue weighted by Gasteiger charge is 2.04. The van der Waals surface area contributed by atoms with E-state index in [4.69, 9.17) is 11.6 Å². The van der Waals surface area contributed by atoms with E-state index in [1.807, 2.05) is 0 Å². The van der Waals surface area contributed by atoms with Gasteiger partial charge in [-0.2, -0.15) is 0 Å². The SMILES string of the molecule is CCOC(Cl)OC(C)=O. The molecule has 0 amide bonds. The van der Waals surface area contributed by atoms with Crippen LogP contribution in [0.5, 0.6) is 0 Å². The lowest BCUT2D eigenvalue weighted by molar-refractivity contribution is -0.159. The number of hydrogen-bond acceptors (Lipinski definition) is 3. The largest absolute Gasteiger partial charge is 0.421 e. The summed E-state index contributed by atoms with van der Waals surface area (Å²) in [4.78, 5) is 10.1. The van der Waals surface area contributed by atoms with E-state index in [2.05, 4.69) is 9.47 Å². The van der Waals surface area contributed by atoms with E-state index in [-0.39, 0.29) is 0 Å². The van der Waals surface area contributed by atoms with E-state index >= 15 is 0 Å². The number of esters is 1. The Morgan fingerprint density at radius 1 is 1.78 bits per heavy atom. The molecule has 0 radical (unpaired) electrons. The lowest BCUT2D eigenvalue weighted by Gasteiger charge is -2.07. The van der Waals surface area contributed by atoms with Gasteiger partial charge in [0.15, 0.2) is 0 Å². The molecule has 0 aliphatic carbocycles. The molecule has 0 heterocycles. The summed E-state index contributed by atoms with van der Waals surface area (Å²) in [5.74, 6) is -1.38. The molecule has 0 aromatic carbocycles. The van der Waals surface area contributed by atoms with Crippen molar-refractivity contribution in [1.82, 2.24) is 0 Å². The number of carbonyl (C=O) groups excluding carboxylic acids is 1. The molecule has 54 valence electrons. The van der Waals surface area contributed by atoms with Crippen molar-refractivity contribution in [2.45, 2.75) is 19.6 Å². The Kier molecular flexibility index (Phi) is 4.44. The summed E-state index contributed by atoms with van der Waals surface area (Å²) in [5.41, 5.74) is 0. The minimum Gasteiger partial charge on any atom is -0.421 e. The molecule has 0 aromatic rings. The van der Waals surface area contributed by atoms with Gasteiger partial charge in [-0.25, -0.2) is 0 Å². The van der Waals surface area contributed by atoms with E-state index in [0.717, 1.165) is 0 Å². The number of halogens is 1. The molecule has 1 atom stereocenters. The summed E-state index contributed by atoms with van der Waals surface area (Å²) < 4.78 is 9.07. The number of rotatable bonds is 3. The van der Waals surface area contributed by atoms with Gasteiger partial charge in [0, 0.05) is 13.5 Å². The van der Waals surface area contributed by atoms with Crippen molar-refractivity contribution in [2.24, 2.45) is 0 Å². The lowest BCUT2D eigenvalue weighted by Crippen LogP contribution is -2.12. The smallest absolute Gasteiger partial charge is 0.305 e. The Bertz CT molecular complexity index is 94.2. The molecule has 0 fully saturated rings. The molecule has 0 spiro atoms. The highest BCUT2D eigenvalue weighted by atomic mass is 35.5.